The Labute approximate surface area is 149 Å². The van der Waals surface area contributed by atoms with Crippen LogP contribution >= 0.6 is 22.7 Å². The zero-order valence-corrected chi connectivity index (χ0v) is 15.4. The first-order valence-electron chi connectivity index (χ1n) is 8.16. The molecule has 3 rings (SSSR count). The number of thiophene rings is 1. The first-order valence-corrected chi connectivity index (χ1v) is 9.79. The smallest absolute Gasteiger partial charge is 0.350 e. The van der Waals surface area contributed by atoms with Crippen LogP contribution in [0, 0.1) is 6.92 Å². The number of aromatic nitrogens is 1. The molecule has 0 saturated carbocycles. The van der Waals surface area contributed by atoms with Gasteiger partial charge in [-0.1, -0.05) is 17.8 Å². The van der Waals surface area contributed by atoms with Crippen molar-refractivity contribution in [3.05, 3.63) is 32.0 Å². The fourth-order valence-corrected chi connectivity index (χ4v) is 4.78. The standard InChI is InChI=1S/C17H20N2O3S2/c1-3-22-16(21)14-10(2)18-17(24-14)19-15(20)13-9-11-7-5-4-6-8-12(11)23-13/h9H,3-8H2,1-2H3,(H,18,19,20). The van der Waals surface area contributed by atoms with E-state index in [9.17, 15) is 9.59 Å². The third-order valence-corrected chi connectivity index (χ3v) is 6.24. The SMILES string of the molecule is CCOC(=O)c1sc(NC(=O)c2cc3c(s2)CCCCC3)nc1C. The van der Waals surface area contributed by atoms with Crippen molar-refractivity contribution in [3.8, 4) is 0 Å². The second kappa shape index (κ2) is 7.44. The molecule has 24 heavy (non-hydrogen) atoms. The van der Waals surface area contributed by atoms with Crippen LogP contribution in [0.4, 0.5) is 5.13 Å². The highest BCUT2D eigenvalue weighted by atomic mass is 32.1. The van der Waals surface area contributed by atoms with Crippen LogP contribution in [0.2, 0.25) is 0 Å². The molecule has 1 aliphatic rings. The summed E-state index contributed by atoms with van der Waals surface area (Å²) in [5, 5.41) is 3.25. The van der Waals surface area contributed by atoms with Gasteiger partial charge in [-0.3, -0.25) is 10.1 Å². The van der Waals surface area contributed by atoms with E-state index in [2.05, 4.69) is 10.3 Å². The van der Waals surface area contributed by atoms with Gasteiger partial charge in [0.1, 0.15) is 4.88 Å². The molecule has 0 fully saturated rings. The molecule has 0 aromatic carbocycles. The van der Waals surface area contributed by atoms with Crippen LogP contribution in [0.1, 0.15) is 61.7 Å². The number of aryl methyl sites for hydroxylation is 3. The Morgan fingerprint density at radius 3 is 2.83 bits per heavy atom. The largest absolute Gasteiger partial charge is 0.462 e. The number of thiazole rings is 1. The van der Waals surface area contributed by atoms with E-state index in [0.717, 1.165) is 24.2 Å². The summed E-state index contributed by atoms with van der Waals surface area (Å²) >= 11 is 2.73. The van der Waals surface area contributed by atoms with E-state index in [1.54, 1.807) is 25.2 Å². The number of anilines is 1. The Balaban J connectivity index is 1.73. The highest BCUT2D eigenvalue weighted by molar-refractivity contribution is 7.18. The second-order valence-corrected chi connectivity index (χ2v) is 7.86. The molecule has 1 aliphatic carbocycles. The third kappa shape index (κ3) is 3.67. The third-order valence-electron chi connectivity index (χ3n) is 3.95. The molecule has 0 unspecified atom stereocenters. The maximum absolute atomic E-state index is 12.5. The summed E-state index contributed by atoms with van der Waals surface area (Å²) in [6.45, 7) is 3.82. The summed E-state index contributed by atoms with van der Waals surface area (Å²) in [6.07, 6.45) is 5.78. The predicted molar refractivity (Wildman–Crippen MR) is 96.3 cm³/mol. The summed E-state index contributed by atoms with van der Waals surface area (Å²) in [7, 11) is 0. The molecule has 5 nitrogen and oxygen atoms in total. The van der Waals surface area contributed by atoms with E-state index in [-0.39, 0.29) is 5.91 Å². The Morgan fingerprint density at radius 2 is 2.04 bits per heavy atom. The maximum Gasteiger partial charge on any atom is 0.350 e. The Morgan fingerprint density at radius 1 is 1.25 bits per heavy atom. The maximum atomic E-state index is 12.5. The Hall–Kier alpha value is -1.73. The lowest BCUT2D eigenvalue weighted by Crippen LogP contribution is -2.09. The van der Waals surface area contributed by atoms with E-state index in [0.29, 0.717) is 27.2 Å². The van der Waals surface area contributed by atoms with E-state index < -0.39 is 5.97 Å². The minimum atomic E-state index is -0.393. The van der Waals surface area contributed by atoms with Gasteiger partial charge in [-0.25, -0.2) is 9.78 Å². The number of nitrogens with one attached hydrogen (secondary N) is 1. The van der Waals surface area contributed by atoms with Crippen molar-refractivity contribution < 1.29 is 14.3 Å². The van der Waals surface area contributed by atoms with E-state index in [4.69, 9.17) is 4.74 Å². The normalized spacial score (nSPS) is 13.9. The molecule has 0 saturated heterocycles. The minimum absolute atomic E-state index is 0.155. The number of rotatable bonds is 4. The van der Waals surface area contributed by atoms with E-state index in [1.807, 2.05) is 6.07 Å². The lowest BCUT2D eigenvalue weighted by molar-refractivity contribution is 0.0531. The molecule has 2 aromatic rings. The van der Waals surface area contributed by atoms with Crippen LogP contribution in [0.15, 0.2) is 6.07 Å². The van der Waals surface area contributed by atoms with Crippen LogP contribution in [-0.4, -0.2) is 23.5 Å². The number of esters is 1. The van der Waals surface area contributed by atoms with Crippen molar-refractivity contribution in [3.63, 3.8) is 0 Å². The van der Waals surface area contributed by atoms with Gasteiger partial charge in [-0.05, 0) is 51.2 Å². The Bertz CT molecular complexity index is 740. The van der Waals surface area contributed by atoms with Crippen LogP contribution in [0.5, 0.6) is 0 Å². The summed E-state index contributed by atoms with van der Waals surface area (Å²) in [5.74, 6) is -0.548. The van der Waals surface area contributed by atoms with Gasteiger partial charge in [-0.2, -0.15) is 0 Å². The number of amides is 1. The van der Waals surface area contributed by atoms with E-state index >= 15 is 0 Å². The Kier molecular flexibility index (Phi) is 5.30. The average Bonchev–Trinajstić information content (AvgIpc) is 3.04. The number of hydrogen-bond donors (Lipinski definition) is 1. The topological polar surface area (TPSA) is 68.3 Å². The first kappa shape index (κ1) is 17.1. The zero-order chi connectivity index (χ0) is 17.1. The molecule has 7 heteroatoms. The summed E-state index contributed by atoms with van der Waals surface area (Å²) in [4.78, 5) is 31.1. The number of fused-ring (bicyclic) bond motifs is 1. The van der Waals surface area contributed by atoms with Crippen LogP contribution in [0.25, 0.3) is 0 Å². The lowest BCUT2D eigenvalue weighted by atomic mass is 10.1. The molecule has 0 atom stereocenters. The zero-order valence-electron chi connectivity index (χ0n) is 13.8. The quantitative estimate of drug-likeness (QED) is 0.652. The van der Waals surface area contributed by atoms with Crippen LogP contribution in [-0.2, 0) is 17.6 Å². The van der Waals surface area contributed by atoms with Crippen molar-refractivity contribution in [2.24, 2.45) is 0 Å². The molecule has 1 amide bonds. The fourth-order valence-electron chi connectivity index (χ4n) is 2.77. The van der Waals surface area contributed by atoms with Gasteiger partial charge in [-0.15, -0.1) is 11.3 Å². The highest BCUT2D eigenvalue weighted by Gasteiger charge is 2.20. The summed E-state index contributed by atoms with van der Waals surface area (Å²) < 4.78 is 5.00. The number of hydrogen-bond acceptors (Lipinski definition) is 6. The van der Waals surface area contributed by atoms with Gasteiger partial charge in [0.15, 0.2) is 5.13 Å². The average molecular weight is 364 g/mol. The van der Waals surface area contributed by atoms with Crippen molar-refractivity contribution in [1.82, 2.24) is 4.98 Å². The second-order valence-electron chi connectivity index (χ2n) is 5.73. The van der Waals surface area contributed by atoms with Gasteiger partial charge in [0.2, 0.25) is 0 Å². The molecule has 128 valence electrons. The van der Waals surface area contributed by atoms with Crippen molar-refractivity contribution in [1.29, 1.82) is 0 Å². The molecule has 0 aliphatic heterocycles. The molecule has 2 aromatic heterocycles. The lowest BCUT2D eigenvalue weighted by Gasteiger charge is -1.99. The van der Waals surface area contributed by atoms with Crippen molar-refractivity contribution in [2.75, 3.05) is 11.9 Å². The summed E-state index contributed by atoms with van der Waals surface area (Å²) in [5.41, 5.74) is 1.89. The fraction of sp³-hybridized carbons (Fsp3) is 0.471. The predicted octanol–water partition coefficient (Wildman–Crippen LogP) is 4.21. The first-order chi connectivity index (χ1) is 11.6. The van der Waals surface area contributed by atoms with E-state index in [1.165, 1.54) is 29.7 Å². The van der Waals surface area contributed by atoms with Crippen LogP contribution < -0.4 is 5.32 Å². The van der Waals surface area contributed by atoms with Gasteiger partial charge in [0, 0.05) is 4.88 Å². The van der Waals surface area contributed by atoms with Gasteiger partial charge >= 0.3 is 5.97 Å². The number of ether oxygens (including phenoxy) is 1. The molecule has 2 heterocycles. The monoisotopic (exact) mass is 364 g/mol. The molecular weight excluding hydrogens is 344 g/mol. The molecule has 0 bridgehead atoms. The number of carbonyl (C=O) groups is 2. The molecule has 0 spiro atoms. The van der Waals surface area contributed by atoms with Gasteiger partial charge in [0.25, 0.3) is 5.91 Å². The van der Waals surface area contributed by atoms with Gasteiger partial charge in [0.05, 0.1) is 17.2 Å². The van der Waals surface area contributed by atoms with Crippen LogP contribution in [0.3, 0.4) is 0 Å². The number of carbonyl (C=O) groups excluding carboxylic acids is 2. The number of nitrogens with zero attached hydrogens (tertiary/aromatic N) is 1. The minimum Gasteiger partial charge on any atom is -0.462 e. The molecular formula is C17H20N2O3S2. The molecule has 0 radical (unpaired) electrons. The van der Waals surface area contributed by atoms with Crippen molar-refractivity contribution >= 4 is 39.7 Å². The van der Waals surface area contributed by atoms with Crippen molar-refractivity contribution in [2.45, 2.75) is 46.0 Å². The molecule has 1 N–H and O–H groups in total. The van der Waals surface area contributed by atoms with Gasteiger partial charge < -0.3 is 4.74 Å². The highest BCUT2D eigenvalue weighted by Crippen LogP contribution is 2.30. The summed E-state index contributed by atoms with van der Waals surface area (Å²) in [6, 6.07) is 2.01.